The molecule has 18 heavy (non-hydrogen) atoms. The molecule has 0 radical (unpaired) electrons. The van der Waals surface area contributed by atoms with Crippen molar-refractivity contribution in [2.24, 2.45) is 5.41 Å². The van der Waals surface area contributed by atoms with Crippen molar-refractivity contribution < 1.29 is 9.84 Å². The number of ether oxygens (including phenoxy) is 1. The normalized spacial score (nSPS) is 11.9. The standard InChI is InChI=1S/C14H22ClNO2/c1-14(2,3)9-16(4)8-10-6-11(15)7-12(18-5)13(10)17/h6-7,17H,8-9H2,1-5H3. The maximum absolute atomic E-state index is 10.1. The van der Waals surface area contributed by atoms with Gasteiger partial charge in [-0.1, -0.05) is 32.4 Å². The molecule has 4 heteroatoms. The SMILES string of the molecule is COc1cc(Cl)cc(CN(C)CC(C)(C)C)c1O. The predicted octanol–water partition coefficient (Wildman–Crippen LogP) is 3.53. The molecule has 0 aromatic heterocycles. The number of hydrogen-bond donors (Lipinski definition) is 1. The van der Waals surface area contributed by atoms with E-state index in [2.05, 4.69) is 25.7 Å². The van der Waals surface area contributed by atoms with Crippen molar-refractivity contribution in [1.82, 2.24) is 4.90 Å². The highest BCUT2D eigenvalue weighted by Crippen LogP contribution is 2.34. The van der Waals surface area contributed by atoms with Gasteiger partial charge in [0.25, 0.3) is 0 Å². The molecule has 102 valence electrons. The third kappa shape index (κ3) is 4.39. The van der Waals surface area contributed by atoms with Gasteiger partial charge < -0.3 is 14.7 Å². The Labute approximate surface area is 114 Å². The van der Waals surface area contributed by atoms with Gasteiger partial charge in [-0.2, -0.15) is 0 Å². The van der Waals surface area contributed by atoms with E-state index in [4.69, 9.17) is 16.3 Å². The number of nitrogens with zero attached hydrogens (tertiary/aromatic N) is 1. The molecule has 0 aliphatic carbocycles. The number of methoxy groups -OCH3 is 1. The first kappa shape index (κ1) is 15.1. The average Bonchev–Trinajstić information content (AvgIpc) is 2.20. The number of aromatic hydroxyl groups is 1. The molecule has 0 amide bonds. The van der Waals surface area contributed by atoms with E-state index in [1.165, 1.54) is 7.11 Å². The smallest absolute Gasteiger partial charge is 0.162 e. The molecule has 0 saturated carbocycles. The monoisotopic (exact) mass is 271 g/mol. The first-order valence-electron chi connectivity index (χ1n) is 5.97. The van der Waals surface area contributed by atoms with Crippen molar-refractivity contribution >= 4 is 11.6 Å². The zero-order valence-corrected chi connectivity index (χ0v) is 12.5. The van der Waals surface area contributed by atoms with E-state index >= 15 is 0 Å². The molecule has 0 aliphatic heterocycles. The molecule has 0 aliphatic rings. The fourth-order valence-electron chi connectivity index (χ4n) is 2.06. The minimum Gasteiger partial charge on any atom is -0.504 e. The van der Waals surface area contributed by atoms with E-state index in [0.717, 1.165) is 12.1 Å². The lowest BCUT2D eigenvalue weighted by molar-refractivity contribution is 0.218. The number of phenols is 1. The Kier molecular flexibility index (Phi) is 4.88. The lowest BCUT2D eigenvalue weighted by Crippen LogP contribution is -2.28. The van der Waals surface area contributed by atoms with Gasteiger partial charge in [0.1, 0.15) is 0 Å². The van der Waals surface area contributed by atoms with Gasteiger partial charge in [0.2, 0.25) is 0 Å². The zero-order chi connectivity index (χ0) is 13.9. The van der Waals surface area contributed by atoms with Crippen LogP contribution < -0.4 is 4.74 Å². The van der Waals surface area contributed by atoms with E-state index in [9.17, 15) is 5.11 Å². The van der Waals surface area contributed by atoms with Crippen molar-refractivity contribution in [1.29, 1.82) is 0 Å². The minimum atomic E-state index is 0.169. The van der Waals surface area contributed by atoms with Crippen LogP contribution in [0.4, 0.5) is 0 Å². The summed E-state index contributed by atoms with van der Waals surface area (Å²) in [7, 11) is 3.55. The van der Waals surface area contributed by atoms with Gasteiger partial charge >= 0.3 is 0 Å². The van der Waals surface area contributed by atoms with Gasteiger partial charge in [0, 0.05) is 29.7 Å². The summed E-state index contributed by atoms with van der Waals surface area (Å²) < 4.78 is 5.10. The van der Waals surface area contributed by atoms with Crippen LogP contribution in [0.2, 0.25) is 5.02 Å². The molecule has 0 bridgehead atoms. The van der Waals surface area contributed by atoms with Crippen LogP contribution in [-0.4, -0.2) is 30.7 Å². The fourth-order valence-corrected chi connectivity index (χ4v) is 2.29. The first-order valence-corrected chi connectivity index (χ1v) is 6.34. The predicted molar refractivity (Wildman–Crippen MR) is 75.5 cm³/mol. The van der Waals surface area contributed by atoms with Crippen LogP contribution in [-0.2, 0) is 6.54 Å². The quantitative estimate of drug-likeness (QED) is 0.909. The van der Waals surface area contributed by atoms with Crippen LogP contribution in [0.5, 0.6) is 11.5 Å². The molecule has 0 unspecified atom stereocenters. The minimum absolute atomic E-state index is 0.169. The van der Waals surface area contributed by atoms with Crippen molar-refractivity contribution in [2.45, 2.75) is 27.3 Å². The third-order valence-electron chi connectivity index (χ3n) is 2.52. The number of halogens is 1. The van der Waals surface area contributed by atoms with E-state index in [1.807, 2.05) is 7.05 Å². The Hall–Kier alpha value is -0.930. The summed E-state index contributed by atoms with van der Waals surface area (Å²) in [6.07, 6.45) is 0. The summed E-state index contributed by atoms with van der Waals surface area (Å²) in [6.45, 7) is 8.12. The van der Waals surface area contributed by atoms with Gasteiger partial charge in [0.15, 0.2) is 11.5 Å². The number of rotatable bonds is 4. The molecule has 1 aromatic rings. The summed E-state index contributed by atoms with van der Waals surface area (Å²) in [5.74, 6) is 0.587. The van der Waals surface area contributed by atoms with Gasteiger partial charge in [-0.05, 0) is 18.5 Å². The lowest BCUT2D eigenvalue weighted by atomic mass is 9.96. The lowest BCUT2D eigenvalue weighted by Gasteiger charge is -2.27. The fraction of sp³-hybridized carbons (Fsp3) is 0.571. The molecule has 1 aromatic carbocycles. The topological polar surface area (TPSA) is 32.7 Å². The van der Waals surface area contributed by atoms with E-state index in [0.29, 0.717) is 17.3 Å². The highest BCUT2D eigenvalue weighted by atomic mass is 35.5. The van der Waals surface area contributed by atoms with Gasteiger partial charge in [-0.25, -0.2) is 0 Å². The highest BCUT2D eigenvalue weighted by Gasteiger charge is 2.16. The first-order chi connectivity index (χ1) is 8.23. The molecule has 1 rings (SSSR count). The zero-order valence-electron chi connectivity index (χ0n) is 11.7. The summed E-state index contributed by atoms with van der Waals surface area (Å²) >= 11 is 6.01. The molecular weight excluding hydrogens is 250 g/mol. The molecule has 0 heterocycles. The van der Waals surface area contributed by atoms with Crippen molar-refractivity contribution in [3.8, 4) is 11.5 Å². The van der Waals surface area contributed by atoms with Crippen molar-refractivity contribution in [3.63, 3.8) is 0 Å². The Bertz CT molecular complexity index is 413. The van der Waals surface area contributed by atoms with Gasteiger partial charge in [-0.15, -0.1) is 0 Å². The maximum atomic E-state index is 10.1. The Morgan fingerprint density at radius 1 is 1.33 bits per heavy atom. The second-order valence-corrected chi connectivity index (χ2v) is 6.29. The molecule has 0 fully saturated rings. The largest absolute Gasteiger partial charge is 0.504 e. The van der Waals surface area contributed by atoms with Crippen LogP contribution in [0.1, 0.15) is 26.3 Å². The molecule has 0 atom stereocenters. The van der Waals surface area contributed by atoms with Gasteiger partial charge in [0.05, 0.1) is 7.11 Å². The van der Waals surface area contributed by atoms with Crippen LogP contribution >= 0.6 is 11.6 Å². The number of benzene rings is 1. The van der Waals surface area contributed by atoms with E-state index in [-0.39, 0.29) is 11.2 Å². The summed E-state index contributed by atoms with van der Waals surface area (Å²) in [4.78, 5) is 2.16. The van der Waals surface area contributed by atoms with Crippen LogP contribution in [0.15, 0.2) is 12.1 Å². The molecule has 0 spiro atoms. The summed E-state index contributed by atoms with van der Waals surface area (Å²) in [5.41, 5.74) is 0.999. The van der Waals surface area contributed by atoms with Crippen molar-refractivity contribution in [3.05, 3.63) is 22.7 Å². The Morgan fingerprint density at radius 2 is 1.94 bits per heavy atom. The number of phenolic OH excluding ortho intramolecular Hbond substituents is 1. The Balaban J connectivity index is 2.87. The molecule has 0 saturated heterocycles. The molecule has 1 N–H and O–H groups in total. The maximum Gasteiger partial charge on any atom is 0.162 e. The summed E-state index contributed by atoms with van der Waals surface area (Å²) in [6, 6.07) is 3.39. The molecule has 3 nitrogen and oxygen atoms in total. The second-order valence-electron chi connectivity index (χ2n) is 5.85. The van der Waals surface area contributed by atoms with Gasteiger partial charge in [-0.3, -0.25) is 0 Å². The van der Waals surface area contributed by atoms with E-state index in [1.54, 1.807) is 12.1 Å². The third-order valence-corrected chi connectivity index (χ3v) is 2.74. The molecular formula is C14H22ClNO2. The Morgan fingerprint density at radius 3 is 2.44 bits per heavy atom. The highest BCUT2D eigenvalue weighted by molar-refractivity contribution is 6.30. The van der Waals surface area contributed by atoms with Crippen LogP contribution in [0.25, 0.3) is 0 Å². The second kappa shape index (κ2) is 5.81. The van der Waals surface area contributed by atoms with Crippen LogP contribution in [0.3, 0.4) is 0 Å². The van der Waals surface area contributed by atoms with Crippen LogP contribution in [0, 0.1) is 5.41 Å². The summed E-state index contributed by atoms with van der Waals surface area (Å²) in [5, 5.41) is 10.6. The number of hydrogen-bond acceptors (Lipinski definition) is 3. The average molecular weight is 272 g/mol. The van der Waals surface area contributed by atoms with Crippen molar-refractivity contribution in [2.75, 3.05) is 20.7 Å². The van der Waals surface area contributed by atoms with E-state index < -0.39 is 0 Å².